The summed E-state index contributed by atoms with van der Waals surface area (Å²) in [6.45, 7) is 4.71. The van der Waals surface area contributed by atoms with Crippen LogP contribution in [0.2, 0.25) is 0 Å². The van der Waals surface area contributed by atoms with Gasteiger partial charge in [0.2, 0.25) is 11.8 Å². The summed E-state index contributed by atoms with van der Waals surface area (Å²) >= 11 is 0. The van der Waals surface area contributed by atoms with E-state index in [1.807, 2.05) is 0 Å². The van der Waals surface area contributed by atoms with E-state index in [1.165, 1.54) is 13.0 Å². The maximum atomic E-state index is 12.4. The van der Waals surface area contributed by atoms with Gasteiger partial charge in [-0.1, -0.05) is 6.07 Å². The highest BCUT2D eigenvalue weighted by molar-refractivity contribution is 5.98. The predicted molar refractivity (Wildman–Crippen MR) is 147 cm³/mol. The number of hydrogen-bond donors (Lipinski definition) is 8. The van der Waals surface area contributed by atoms with Crippen LogP contribution < -0.4 is 16.8 Å². The number of nitrogen functional groups attached to an aromatic ring is 1. The average Bonchev–Trinajstić information content (AvgIpc) is 3.31. The molecule has 1 aromatic heterocycles. The second-order valence-corrected chi connectivity index (χ2v) is 9.89. The molecule has 2 amide bonds. The molecule has 0 aliphatic heterocycles. The molecular formula is C28H30N6O5. The molecule has 0 saturated heterocycles. The number of aromatic amines is 1. The topological polar surface area (TPSA) is 211 Å². The quantitative estimate of drug-likeness (QED) is 0.126. The predicted octanol–water partition coefficient (Wildman–Crippen LogP) is 2.35. The fourth-order valence-electron chi connectivity index (χ4n) is 4.07. The Kier molecular flexibility index (Phi) is 7.03. The van der Waals surface area contributed by atoms with Gasteiger partial charge in [0.25, 0.3) is 0 Å². The number of aliphatic hydroxyl groups is 1. The largest absolute Gasteiger partial charge is 0.507 e. The van der Waals surface area contributed by atoms with Crippen molar-refractivity contribution in [2.24, 2.45) is 11.5 Å². The summed E-state index contributed by atoms with van der Waals surface area (Å²) in [5, 5.41) is 41.9. The normalized spacial score (nSPS) is 12.3. The molecule has 10 N–H and O–H groups in total. The number of aromatic nitrogens is 2. The molecule has 0 radical (unpaired) electrons. The number of H-pyrrole nitrogens is 1. The van der Waals surface area contributed by atoms with Crippen molar-refractivity contribution in [2.45, 2.75) is 38.8 Å². The van der Waals surface area contributed by atoms with Gasteiger partial charge in [0, 0.05) is 23.2 Å². The zero-order valence-electron chi connectivity index (χ0n) is 21.7. The number of phenols is 2. The molecule has 202 valence electrons. The number of aliphatic hydroxyl groups excluding tert-OH is 1. The smallest absolute Gasteiger partial charge is 0.248 e. The van der Waals surface area contributed by atoms with E-state index < -0.39 is 23.3 Å². The maximum Gasteiger partial charge on any atom is 0.248 e. The van der Waals surface area contributed by atoms with Crippen LogP contribution >= 0.6 is 0 Å². The molecule has 1 atom stereocenters. The van der Waals surface area contributed by atoms with Gasteiger partial charge in [-0.15, -0.1) is 0 Å². The van der Waals surface area contributed by atoms with Crippen LogP contribution in [0.1, 0.15) is 37.5 Å². The summed E-state index contributed by atoms with van der Waals surface area (Å²) in [4.78, 5) is 31.9. The minimum atomic E-state index is -1.18. The lowest BCUT2D eigenvalue weighted by molar-refractivity contribution is -0.128. The third-order valence-corrected chi connectivity index (χ3v) is 6.69. The number of nitrogens with one attached hydrogen (secondary N) is 3. The molecule has 0 aliphatic rings. The van der Waals surface area contributed by atoms with Gasteiger partial charge in [-0.2, -0.15) is 0 Å². The van der Waals surface area contributed by atoms with Crippen LogP contribution in [0.4, 0.5) is 0 Å². The van der Waals surface area contributed by atoms with Crippen molar-refractivity contribution in [3.8, 4) is 34.0 Å². The Morgan fingerprint density at radius 1 is 1.05 bits per heavy atom. The summed E-state index contributed by atoms with van der Waals surface area (Å²) in [5.41, 5.74) is 13.6. The summed E-state index contributed by atoms with van der Waals surface area (Å²) in [6, 6.07) is 12.8. The van der Waals surface area contributed by atoms with E-state index in [4.69, 9.17) is 16.9 Å². The lowest BCUT2D eigenvalue weighted by atomic mass is 9.81. The van der Waals surface area contributed by atoms with Gasteiger partial charge in [-0.3, -0.25) is 15.0 Å². The number of nitrogens with two attached hydrogens (primary N) is 2. The van der Waals surface area contributed by atoms with E-state index in [1.54, 1.807) is 56.3 Å². The molecule has 11 heteroatoms. The van der Waals surface area contributed by atoms with Crippen molar-refractivity contribution in [2.75, 3.05) is 0 Å². The Morgan fingerprint density at radius 3 is 2.38 bits per heavy atom. The first kappa shape index (κ1) is 27.1. The summed E-state index contributed by atoms with van der Waals surface area (Å²) in [5.74, 6) is -1.34. The first-order chi connectivity index (χ1) is 18.3. The SMILES string of the molecule is C[C@H](O)C(=O)NCc1ccc(O)c(-c2cc(C(C)(C)C(N)=O)cc(-c3nc4ccc(C(=N)N)cc4[nH]3)c2O)c1. The van der Waals surface area contributed by atoms with Gasteiger partial charge >= 0.3 is 0 Å². The van der Waals surface area contributed by atoms with Gasteiger partial charge < -0.3 is 37.1 Å². The number of hydrogen-bond acceptors (Lipinski definition) is 7. The van der Waals surface area contributed by atoms with E-state index in [0.717, 1.165) is 0 Å². The Morgan fingerprint density at radius 2 is 1.74 bits per heavy atom. The van der Waals surface area contributed by atoms with Gasteiger partial charge in [0.05, 0.1) is 22.0 Å². The maximum absolute atomic E-state index is 12.4. The molecular weight excluding hydrogens is 500 g/mol. The zero-order valence-corrected chi connectivity index (χ0v) is 21.7. The molecule has 11 nitrogen and oxygen atoms in total. The number of phenolic OH excluding ortho intramolecular Hbond substituents is 2. The first-order valence-corrected chi connectivity index (χ1v) is 12.1. The lowest BCUT2D eigenvalue weighted by Gasteiger charge is -2.24. The van der Waals surface area contributed by atoms with Crippen molar-refractivity contribution in [3.05, 3.63) is 65.2 Å². The third kappa shape index (κ3) is 5.25. The number of primary amides is 1. The van der Waals surface area contributed by atoms with E-state index in [9.17, 15) is 24.9 Å². The van der Waals surface area contributed by atoms with E-state index in [-0.39, 0.29) is 46.4 Å². The molecule has 4 aromatic rings. The van der Waals surface area contributed by atoms with Crippen molar-refractivity contribution in [1.29, 1.82) is 5.41 Å². The molecule has 3 aromatic carbocycles. The molecule has 0 saturated carbocycles. The van der Waals surface area contributed by atoms with E-state index in [0.29, 0.717) is 27.7 Å². The molecule has 0 bridgehead atoms. The minimum absolute atomic E-state index is 0.0686. The van der Waals surface area contributed by atoms with Crippen molar-refractivity contribution in [1.82, 2.24) is 15.3 Å². The summed E-state index contributed by atoms with van der Waals surface area (Å²) in [7, 11) is 0. The Hall–Kier alpha value is -4.90. The second kappa shape index (κ2) is 10.1. The molecule has 0 unspecified atom stereocenters. The van der Waals surface area contributed by atoms with Crippen LogP contribution in [0.5, 0.6) is 11.5 Å². The molecule has 0 aliphatic carbocycles. The number of carbonyl (C=O) groups is 2. The highest BCUT2D eigenvalue weighted by Crippen LogP contribution is 2.44. The van der Waals surface area contributed by atoms with E-state index in [2.05, 4.69) is 15.3 Å². The lowest BCUT2D eigenvalue weighted by Crippen LogP contribution is -2.35. The standard InChI is InChI=1S/C28H30N6O5/c1-13(35)26(38)32-12-14-4-7-22(36)17(8-14)18-10-16(28(2,3)27(31)39)11-19(23(18)37)25-33-20-6-5-15(24(29)30)9-21(20)34-25/h4-11,13,35-37H,12H2,1-3H3,(H3,29,30)(H2,31,39)(H,32,38)(H,33,34)/t13-/m0/s1. The van der Waals surface area contributed by atoms with Crippen LogP contribution in [0, 0.1) is 5.41 Å². The van der Waals surface area contributed by atoms with Crippen LogP contribution in [0.25, 0.3) is 33.5 Å². The zero-order chi connectivity index (χ0) is 28.6. The van der Waals surface area contributed by atoms with Crippen LogP contribution in [-0.2, 0) is 21.5 Å². The van der Waals surface area contributed by atoms with Gasteiger partial charge in [-0.25, -0.2) is 4.98 Å². The van der Waals surface area contributed by atoms with Crippen LogP contribution in [0.15, 0.2) is 48.5 Å². The molecule has 1 heterocycles. The number of carbonyl (C=O) groups excluding carboxylic acids is 2. The number of imidazole rings is 1. The van der Waals surface area contributed by atoms with Gasteiger partial charge in [-0.05, 0) is 74.4 Å². The molecule has 4 rings (SSSR count). The Bertz CT molecular complexity index is 1620. The fourth-order valence-corrected chi connectivity index (χ4v) is 4.07. The molecule has 0 fully saturated rings. The summed E-state index contributed by atoms with van der Waals surface area (Å²) in [6.07, 6.45) is -1.18. The number of fused-ring (bicyclic) bond motifs is 1. The molecule has 0 spiro atoms. The number of amides is 2. The summed E-state index contributed by atoms with van der Waals surface area (Å²) < 4.78 is 0. The van der Waals surface area contributed by atoms with Crippen molar-refractivity contribution >= 4 is 28.7 Å². The minimum Gasteiger partial charge on any atom is -0.507 e. The number of amidine groups is 1. The number of rotatable bonds is 8. The Balaban J connectivity index is 1.91. The highest BCUT2D eigenvalue weighted by Gasteiger charge is 2.30. The van der Waals surface area contributed by atoms with Crippen molar-refractivity contribution < 1.29 is 24.9 Å². The van der Waals surface area contributed by atoms with Gasteiger partial charge in [0.15, 0.2) is 0 Å². The fraction of sp³-hybridized carbons (Fsp3) is 0.214. The third-order valence-electron chi connectivity index (χ3n) is 6.69. The number of nitrogens with zero attached hydrogens (tertiary/aromatic N) is 1. The number of benzene rings is 3. The average molecular weight is 531 g/mol. The highest BCUT2D eigenvalue weighted by atomic mass is 16.3. The van der Waals surface area contributed by atoms with Crippen LogP contribution in [0.3, 0.4) is 0 Å². The molecule has 39 heavy (non-hydrogen) atoms. The monoisotopic (exact) mass is 530 g/mol. The second-order valence-electron chi connectivity index (χ2n) is 9.89. The van der Waals surface area contributed by atoms with E-state index >= 15 is 0 Å². The first-order valence-electron chi connectivity index (χ1n) is 12.1. The number of aromatic hydroxyl groups is 2. The Labute approximate surface area is 224 Å². The van der Waals surface area contributed by atoms with Gasteiger partial charge in [0.1, 0.15) is 29.3 Å². The van der Waals surface area contributed by atoms with Crippen LogP contribution in [-0.4, -0.2) is 49.0 Å². The van der Waals surface area contributed by atoms with Crippen molar-refractivity contribution in [3.63, 3.8) is 0 Å².